The molecular weight excluding hydrogens is 402 g/mol. The lowest BCUT2D eigenvalue weighted by Gasteiger charge is -2.18. The molecule has 0 aliphatic carbocycles. The van der Waals surface area contributed by atoms with Crippen LogP contribution in [0.25, 0.3) is 10.9 Å². The topological polar surface area (TPSA) is 121 Å². The number of rotatable bonds is 10. The molecule has 0 saturated heterocycles. The Balaban J connectivity index is 1.99. The molecule has 0 saturated carbocycles. The van der Waals surface area contributed by atoms with Gasteiger partial charge in [-0.3, -0.25) is 15.5 Å². The van der Waals surface area contributed by atoms with Crippen LogP contribution in [0.4, 0.5) is 11.5 Å². The quantitative estimate of drug-likeness (QED) is 0.292. The van der Waals surface area contributed by atoms with Crippen LogP contribution in [0.2, 0.25) is 0 Å². The van der Waals surface area contributed by atoms with Crippen molar-refractivity contribution in [2.24, 2.45) is 5.10 Å². The molecule has 0 spiro atoms. The number of nitrogens with zero attached hydrogens (tertiary/aromatic N) is 4. The first-order valence-corrected chi connectivity index (χ1v) is 9.82. The van der Waals surface area contributed by atoms with Gasteiger partial charge >= 0.3 is 0 Å². The van der Waals surface area contributed by atoms with Crippen molar-refractivity contribution < 1.29 is 19.1 Å². The number of nitrogens with one attached hydrogen (secondary N) is 1. The molecule has 0 fully saturated rings. The minimum Gasteiger partial charge on any atom is -0.490 e. The van der Waals surface area contributed by atoms with E-state index in [0.29, 0.717) is 59.4 Å². The first-order chi connectivity index (χ1) is 15.1. The zero-order chi connectivity index (χ0) is 22.2. The van der Waals surface area contributed by atoms with Crippen LogP contribution in [0.5, 0.6) is 17.2 Å². The number of nitro groups is 1. The molecule has 10 nitrogen and oxygen atoms in total. The van der Waals surface area contributed by atoms with Crippen molar-refractivity contribution in [2.45, 2.75) is 20.8 Å². The summed E-state index contributed by atoms with van der Waals surface area (Å²) in [6, 6.07) is 7.82. The number of non-ortho nitro benzene ring substituents is 1. The average Bonchev–Trinajstić information content (AvgIpc) is 2.76. The van der Waals surface area contributed by atoms with E-state index >= 15 is 0 Å². The highest BCUT2D eigenvalue weighted by atomic mass is 16.6. The third-order valence-electron chi connectivity index (χ3n) is 4.17. The second-order valence-corrected chi connectivity index (χ2v) is 6.17. The van der Waals surface area contributed by atoms with Crippen LogP contribution in [0.15, 0.2) is 41.8 Å². The summed E-state index contributed by atoms with van der Waals surface area (Å²) in [6.07, 6.45) is 2.95. The largest absolute Gasteiger partial charge is 0.490 e. The third kappa shape index (κ3) is 4.97. The maximum Gasteiger partial charge on any atom is 0.269 e. The number of fused-ring (bicyclic) bond motifs is 1. The Morgan fingerprint density at radius 3 is 2.35 bits per heavy atom. The Morgan fingerprint density at radius 2 is 1.71 bits per heavy atom. The highest BCUT2D eigenvalue weighted by Crippen LogP contribution is 2.45. The van der Waals surface area contributed by atoms with Crippen molar-refractivity contribution in [2.75, 3.05) is 25.2 Å². The summed E-state index contributed by atoms with van der Waals surface area (Å²) in [5, 5.41) is 15.6. The zero-order valence-corrected chi connectivity index (χ0v) is 17.5. The Morgan fingerprint density at radius 1 is 1.03 bits per heavy atom. The fraction of sp³-hybridized carbons (Fsp3) is 0.286. The average molecular weight is 425 g/mol. The fourth-order valence-electron chi connectivity index (χ4n) is 2.91. The minimum absolute atomic E-state index is 0.0156. The lowest BCUT2D eigenvalue weighted by atomic mass is 10.1. The minimum atomic E-state index is -0.450. The number of benzene rings is 2. The van der Waals surface area contributed by atoms with Crippen molar-refractivity contribution in [3.05, 3.63) is 52.3 Å². The normalized spacial score (nSPS) is 10.9. The van der Waals surface area contributed by atoms with Gasteiger partial charge < -0.3 is 14.2 Å². The van der Waals surface area contributed by atoms with Gasteiger partial charge in [0.2, 0.25) is 5.75 Å². The molecule has 0 bridgehead atoms. The second-order valence-electron chi connectivity index (χ2n) is 6.17. The van der Waals surface area contributed by atoms with E-state index in [-0.39, 0.29) is 5.69 Å². The maximum atomic E-state index is 10.8. The van der Waals surface area contributed by atoms with Gasteiger partial charge in [-0.25, -0.2) is 9.97 Å². The summed E-state index contributed by atoms with van der Waals surface area (Å²) in [6.45, 7) is 6.95. The second kappa shape index (κ2) is 10.2. The maximum absolute atomic E-state index is 10.8. The van der Waals surface area contributed by atoms with E-state index in [2.05, 4.69) is 20.5 Å². The van der Waals surface area contributed by atoms with Gasteiger partial charge in [0.25, 0.3) is 5.69 Å². The first kappa shape index (κ1) is 21.8. The van der Waals surface area contributed by atoms with Crippen LogP contribution in [-0.2, 0) is 0 Å². The Hall–Kier alpha value is -3.95. The van der Waals surface area contributed by atoms with E-state index in [1.807, 2.05) is 20.8 Å². The predicted molar refractivity (Wildman–Crippen MR) is 117 cm³/mol. The van der Waals surface area contributed by atoms with Gasteiger partial charge in [0, 0.05) is 18.2 Å². The van der Waals surface area contributed by atoms with Gasteiger partial charge in [0.1, 0.15) is 6.33 Å². The van der Waals surface area contributed by atoms with Gasteiger partial charge in [0.05, 0.1) is 41.9 Å². The molecule has 0 aliphatic rings. The molecule has 1 aromatic heterocycles. The summed E-state index contributed by atoms with van der Waals surface area (Å²) < 4.78 is 17.4. The molecule has 3 aromatic rings. The SMILES string of the molecule is CCOc1cc2ncnc(N/N=C/c3ccc([N+](=O)[O-])cc3)c2c(OCC)c1OCC. The molecule has 10 heteroatoms. The monoisotopic (exact) mass is 425 g/mol. The smallest absolute Gasteiger partial charge is 0.269 e. The number of hydrogen-bond acceptors (Lipinski definition) is 9. The van der Waals surface area contributed by atoms with Crippen LogP contribution in [0, 0.1) is 10.1 Å². The van der Waals surface area contributed by atoms with E-state index in [1.54, 1.807) is 18.2 Å². The highest BCUT2D eigenvalue weighted by Gasteiger charge is 2.21. The van der Waals surface area contributed by atoms with Crippen LogP contribution < -0.4 is 19.6 Å². The molecule has 0 atom stereocenters. The van der Waals surface area contributed by atoms with Crippen molar-refractivity contribution in [1.82, 2.24) is 9.97 Å². The molecule has 0 amide bonds. The summed E-state index contributed by atoms with van der Waals surface area (Å²) in [7, 11) is 0. The van der Waals surface area contributed by atoms with Gasteiger partial charge in [-0.1, -0.05) is 0 Å². The molecule has 3 rings (SSSR count). The van der Waals surface area contributed by atoms with E-state index in [9.17, 15) is 10.1 Å². The number of hydrazone groups is 1. The van der Waals surface area contributed by atoms with Crippen molar-refractivity contribution in [1.29, 1.82) is 0 Å². The lowest BCUT2D eigenvalue weighted by molar-refractivity contribution is -0.384. The van der Waals surface area contributed by atoms with Crippen molar-refractivity contribution >= 4 is 28.6 Å². The molecule has 0 aliphatic heterocycles. The first-order valence-electron chi connectivity index (χ1n) is 9.82. The van der Waals surface area contributed by atoms with E-state index in [0.717, 1.165) is 0 Å². The summed E-state index contributed by atoms with van der Waals surface area (Å²) in [5.41, 5.74) is 4.22. The van der Waals surface area contributed by atoms with E-state index in [1.165, 1.54) is 24.7 Å². The van der Waals surface area contributed by atoms with E-state index in [4.69, 9.17) is 14.2 Å². The van der Waals surface area contributed by atoms with Crippen LogP contribution >= 0.6 is 0 Å². The van der Waals surface area contributed by atoms with Crippen molar-refractivity contribution in [3.63, 3.8) is 0 Å². The van der Waals surface area contributed by atoms with Gasteiger partial charge in [-0.15, -0.1) is 0 Å². The molecule has 162 valence electrons. The molecule has 31 heavy (non-hydrogen) atoms. The lowest BCUT2D eigenvalue weighted by Crippen LogP contribution is -2.05. The number of nitro benzene ring substituents is 1. The third-order valence-corrected chi connectivity index (χ3v) is 4.17. The van der Waals surface area contributed by atoms with Gasteiger partial charge in [-0.05, 0) is 38.5 Å². The van der Waals surface area contributed by atoms with Crippen LogP contribution in [0.1, 0.15) is 26.3 Å². The highest BCUT2D eigenvalue weighted by molar-refractivity contribution is 5.98. The summed E-state index contributed by atoms with van der Waals surface area (Å²) in [5.74, 6) is 1.92. The number of hydrogen-bond donors (Lipinski definition) is 1. The van der Waals surface area contributed by atoms with E-state index < -0.39 is 4.92 Å². The van der Waals surface area contributed by atoms with Gasteiger partial charge in [0.15, 0.2) is 17.3 Å². The summed E-state index contributed by atoms with van der Waals surface area (Å²) in [4.78, 5) is 19.0. The zero-order valence-electron chi connectivity index (χ0n) is 17.5. The Kier molecular flexibility index (Phi) is 7.15. The molecule has 0 radical (unpaired) electrons. The molecule has 1 N–H and O–H groups in total. The number of ether oxygens (including phenoxy) is 3. The van der Waals surface area contributed by atoms with Gasteiger partial charge in [-0.2, -0.15) is 5.10 Å². The Labute approximate surface area is 179 Å². The summed E-state index contributed by atoms with van der Waals surface area (Å²) >= 11 is 0. The number of anilines is 1. The van der Waals surface area contributed by atoms with Crippen LogP contribution in [-0.4, -0.2) is 40.9 Å². The fourth-order valence-corrected chi connectivity index (χ4v) is 2.91. The Bertz CT molecular complexity index is 1090. The predicted octanol–water partition coefficient (Wildman–Crippen LogP) is 4.18. The molecule has 2 aromatic carbocycles. The molecular formula is C21H23N5O5. The standard InChI is InChI=1S/C21H23N5O5/c1-4-29-17-11-16-18(20(31-6-3)19(17)30-5-2)21(23-13-22-16)25-24-12-14-7-9-15(10-8-14)26(27)28/h7-13H,4-6H2,1-3H3,(H,22,23,25)/b24-12+. The van der Waals surface area contributed by atoms with Crippen LogP contribution in [0.3, 0.4) is 0 Å². The molecule has 0 unspecified atom stereocenters. The molecule has 1 heterocycles. The number of aromatic nitrogens is 2. The van der Waals surface area contributed by atoms with Crippen molar-refractivity contribution in [3.8, 4) is 17.2 Å².